The molecule has 0 aliphatic carbocycles. The lowest BCUT2D eigenvalue weighted by Crippen LogP contribution is -2.29. The Hall–Kier alpha value is -1.99. The highest BCUT2D eigenvalue weighted by atomic mass is 79.9. The van der Waals surface area contributed by atoms with Crippen LogP contribution in [0, 0.1) is 0 Å². The molecule has 6 nitrogen and oxygen atoms in total. The molecule has 1 fully saturated rings. The summed E-state index contributed by atoms with van der Waals surface area (Å²) in [6.45, 7) is 2.07. The van der Waals surface area contributed by atoms with Gasteiger partial charge in [0.1, 0.15) is 5.82 Å². The maximum absolute atomic E-state index is 4.82. The highest BCUT2D eigenvalue weighted by Gasteiger charge is 2.19. The number of anilines is 2. The summed E-state index contributed by atoms with van der Waals surface area (Å²) in [6, 6.07) is 5.99. The summed E-state index contributed by atoms with van der Waals surface area (Å²) < 4.78 is 2.72. The van der Waals surface area contributed by atoms with Gasteiger partial charge in [-0.05, 0) is 47.4 Å². The van der Waals surface area contributed by atoms with Gasteiger partial charge in [0, 0.05) is 26.2 Å². The van der Waals surface area contributed by atoms with Gasteiger partial charge in [-0.15, -0.1) is 0 Å². The molecule has 4 rings (SSSR count). The van der Waals surface area contributed by atoms with Crippen LogP contribution in [0.1, 0.15) is 25.9 Å². The molecule has 0 bridgehead atoms. The number of nitrogens with zero attached hydrogens (tertiary/aromatic N) is 4. The molecule has 3 aromatic rings. The fourth-order valence-corrected chi connectivity index (χ4v) is 3.29. The van der Waals surface area contributed by atoms with E-state index in [9.17, 15) is 0 Å². The summed E-state index contributed by atoms with van der Waals surface area (Å²) in [5, 5.41) is 11.3. The number of piperidine rings is 1. The summed E-state index contributed by atoms with van der Waals surface area (Å²) >= 11 is 3.54. The Morgan fingerprint density at radius 2 is 2.35 bits per heavy atom. The predicted molar refractivity (Wildman–Crippen MR) is 95.2 cm³/mol. The van der Waals surface area contributed by atoms with E-state index in [-0.39, 0.29) is 1.43 Å². The largest absolute Gasteiger partial charge is 0.339 e. The molecular formula is C16H19BrN6. The second-order valence-corrected chi connectivity index (χ2v) is 6.56. The smallest absolute Gasteiger partial charge is 0.171 e. The van der Waals surface area contributed by atoms with Crippen molar-refractivity contribution in [2.24, 2.45) is 0 Å². The van der Waals surface area contributed by atoms with E-state index in [1.807, 2.05) is 16.6 Å². The number of pyridine rings is 1. The minimum atomic E-state index is 0. The van der Waals surface area contributed by atoms with Crippen LogP contribution in [0.2, 0.25) is 0 Å². The molecule has 120 valence electrons. The third kappa shape index (κ3) is 2.94. The molecule has 0 aromatic carbocycles. The molecule has 0 amide bonds. The van der Waals surface area contributed by atoms with Crippen LogP contribution < -0.4 is 10.6 Å². The first-order valence-corrected chi connectivity index (χ1v) is 8.52. The maximum Gasteiger partial charge on any atom is 0.171 e. The minimum absolute atomic E-state index is 0. The van der Waals surface area contributed by atoms with Crippen LogP contribution in [-0.4, -0.2) is 32.7 Å². The maximum atomic E-state index is 4.82. The second kappa shape index (κ2) is 6.25. The van der Waals surface area contributed by atoms with Crippen LogP contribution >= 0.6 is 15.9 Å². The van der Waals surface area contributed by atoms with Gasteiger partial charge in [0.2, 0.25) is 0 Å². The van der Waals surface area contributed by atoms with Crippen LogP contribution in [0.5, 0.6) is 0 Å². The van der Waals surface area contributed by atoms with Crippen molar-refractivity contribution in [3.8, 4) is 0 Å². The van der Waals surface area contributed by atoms with Crippen molar-refractivity contribution in [2.45, 2.75) is 18.8 Å². The average Bonchev–Trinajstić information content (AvgIpc) is 2.98. The van der Waals surface area contributed by atoms with Crippen LogP contribution in [0.3, 0.4) is 0 Å². The van der Waals surface area contributed by atoms with Crippen LogP contribution in [0.4, 0.5) is 11.5 Å². The van der Waals surface area contributed by atoms with Gasteiger partial charge in [-0.3, -0.25) is 4.98 Å². The lowest BCUT2D eigenvalue weighted by atomic mass is 9.96. The third-order valence-electron chi connectivity index (χ3n) is 4.10. The number of nitrogens with one attached hydrogen (secondary N) is 2. The van der Waals surface area contributed by atoms with Crippen LogP contribution in [-0.2, 0) is 0 Å². The molecular weight excluding hydrogens is 356 g/mol. The topological polar surface area (TPSA) is 67.1 Å². The summed E-state index contributed by atoms with van der Waals surface area (Å²) in [4.78, 5) is 8.97. The Balaban J connectivity index is 0.00000169. The highest BCUT2D eigenvalue weighted by molar-refractivity contribution is 9.10. The molecule has 0 spiro atoms. The van der Waals surface area contributed by atoms with Gasteiger partial charge in [0.15, 0.2) is 5.65 Å². The highest BCUT2D eigenvalue weighted by Crippen LogP contribution is 2.28. The van der Waals surface area contributed by atoms with Gasteiger partial charge in [-0.25, -0.2) is 4.98 Å². The Bertz CT molecular complexity index is 816. The van der Waals surface area contributed by atoms with Crippen molar-refractivity contribution in [3.05, 3.63) is 47.0 Å². The second-order valence-electron chi connectivity index (χ2n) is 5.70. The Morgan fingerprint density at radius 3 is 3.13 bits per heavy atom. The van der Waals surface area contributed by atoms with E-state index in [1.165, 1.54) is 6.42 Å². The van der Waals surface area contributed by atoms with Gasteiger partial charge < -0.3 is 10.6 Å². The Kier molecular flexibility index (Phi) is 3.97. The number of aromatic nitrogens is 4. The van der Waals surface area contributed by atoms with Crippen molar-refractivity contribution < 1.29 is 1.43 Å². The average molecular weight is 375 g/mol. The molecule has 1 saturated heterocycles. The van der Waals surface area contributed by atoms with E-state index in [4.69, 9.17) is 4.98 Å². The number of hydrogen-bond donors (Lipinski definition) is 2. The van der Waals surface area contributed by atoms with E-state index >= 15 is 0 Å². The van der Waals surface area contributed by atoms with Crippen molar-refractivity contribution in [1.82, 2.24) is 24.9 Å². The lowest BCUT2D eigenvalue weighted by Gasteiger charge is -2.23. The summed E-state index contributed by atoms with van der Waals surface area (Å²) in [5.41, 5.74) is 2.86. The summed E-state index contributed by atoms with van der Waals surface area (Å²) in [7, 11) is 0. The molecule has 2 N–H and O–H groups in total. The van der Waals surface area contributed by atoms with Crippen molar-refractivity contribution >= 4 is 33.1 Å². The van der Waals surface area contributed by atoms with Crippen molar-refractivity contribution in [1.29, 1.82) is 0 Å². The Labute approximate surface area is 144 Å². The molecule has 3 aromatic heterocycles. The van der Waals surface area contributed by atoms with Gasteiger partial charge in [-0.2, -0.15) is 9.61 Å². The monoisotopic (exact) mass is 374 g/mol. The first kappa shape index (κ1) is 14.6. The zero-order valence-corrected chi connectivity index (χ0v) is 14.1. The fourth-order valence-electron chi connectivity index (χ4n) is 2.94. The van der Waals surface area contributed by atoms with Gasteiger partial charge in [-0.1, -0.05) is 0 Å². The number of rotatable bonds is 3. The van der Waals surface area contributed by atoms with Crippen LogP contribution in [0.15, 0.2) is 41.3 Å². The number of hydrogen-bond acceptors (Lipinski definition) is 5. The first-order chi connectivity index (χ1) is 11.3. The van der Waals surface area contributed by atoms with Crippen molar-refractivity contribution in [3.63, 3.8) is 0 Å². The SMILES string of the molecule is Brc1cnn2c(Nc3cccnc3)cc(C3CCCNC3)nc12.[HH]. The molecule has 0 saturated carbocycles. The third-order valence-corrected chi connectivity index (χ3v) is 4.66. The fraction of sp³-hybridized carbons (Fsp3) is 0.312. The van der Waals surface area contributed by atoms with Gasteiger partial charge in [0.05, 0.1) is 28.2 Å². The molecule has 1 aliphatic heterocycles. The molecule has 4 heterocycles. The van der Waals surface area contributed by atoms with Crippen LogP contribution in [0.25, 0.3) is 5.65 Å². The lowest BCUT2D eigenvalue weighted by molar-refractivity contribution is 0.455. The summed E-state index contributed by atoms with van der Waals surface area (Å²) in [5.74, 6) is 1.33. The zero-order valence-electron chi connectivity index (χ0n) is 12.5. The van der Waals surface area contributed by atoms with Gasteiger partial charge in [0.25, 0.3) is 0 Å². The van der Waals surface area contributed by atoms with E-state index < -0.39 is 0 Å². The minimum Gasteiger partial charge on any atom is -0.339 e. The zero-order chi connectivity index (χ0) is 15.6. The van der Waals surface area contributed by atoms with E-state index in [0.29, 0.717) is 5.92 Å². The Morgan fingerprint density at radius 1 is 1.39 bits per heavy atom. The standard InChI is InChI=1S/C16H17BrN6.H2/c17-13-10-20-23-15(21-12-4-2-6-19-9-12)7-14(22-16(13)23)11-3-1-5-18-8-11;/h2,4,6-7,9-11,18,21H,1,3,5,8H2;1H. The molecule has 23 heavy (non-hydrogen) atoms. The van der Waals surface area contributed by atoms with Crippen molar-refractivity contribution in [2.75, 3.05) is 18.4 Å². The van der Waals surface area contributed by atoms with E-state index in [1.54, 1.807) is 18.6 Å². The predicted octanol–water partition coefficient (Wildman–Crippen LogP) is 3.34. The van der Waals surface area contributed by atoms with E-state index in [2.05, 4.69) is 42.7 Å². The number of fused-ring (bicyclic) bond motifs is 1. The quantitative estimate of drug-likeness (QED) is 0.735. The first-order valence-electron chi connectivity index (χ1n) is 7.73. The van der Waals surface area contributed by atoms with E-state index in [0.717, 1.165) is 46.8 Å². The summed E-state index contributed by atoms with van der Waals surface area (Å²) in [6.07, 6.45) is 7.68. The molecule has 1 unspecified atom stereocenters. The molecule has 1 aliphatic rings. The molecule has 0 radical (unpaired) electrons. The molecule has 1 atom stereocenters. The van der Waals surface area contributed by atoms with Gasteiger partial charge >= 0.3 is 0 Å². The normalized spacial score (nSPS) is 18.2. The number of halogens is 1. The molecule has 7 heteroatoms.